The van der Waals surface area contributed by atoms with Crippen LogP contribution in [0.5, 0.6) is 0 Å². The fourth-order valence-corrected chi connectivity index (χ4v) is 1.61. The predicted molar refractivity (Wildman–Crippen MR) is 65.0 cm³/mol. The number of aromatic nitrogens is 1. The number of pyridine rings is 1. The van der Waals surface area contributed by atoms with E-state index >= 15 is 0 Å². The first kappa shape index (κ1) is 14.2. The molecule has 1 heterocycles. The second-order valence-electron chi connectivity index (χ2n) is 3.67. The van der Waals surface area contributed by atoms with Crippen molar-refractivity contribution in [3.05, 3.63) is 29.6 Å². The van der Waals surface area contributed by atoms with Gasteiger partial charge in [0.1, 0.15) is 0 Å². The zero-order valence-corrected chi connectivity index (χ0v) is 10.8. The zero-order valence-electron chi connectivity index (χ0n) is 10.8. The van der Waals surface area contributed by atoms with Crippen molar-refractivity contribution in [2.75, 3.05) is 13.2 Å². The first-order valence-electron chi connectivity index (χ1n) is 5.85. The summed E-state index contributed by atoms with van der Waals surface area (Å²) in [6.07, 6.45) is 3.13. The quantitative estimate of drug-likeness (QED) is 0.587. The Bertz CT molecular complexity index is 413. The van der Waals surface area contributed by atoms with E-state index in [1.165, 1.54) is 6.20 Å². The number of ether oxygens (including phenoxy) is 2. The minimum atomic E-state index is -1.03. The highest BCUT2D eigenvalue weighted by molar-refractivity contribution is 6.01. The SMILES string of the molecule is CCOC(=O)C(C(=O)OCC)c1ccncc1C. The monoisotopic (exact) mass is 251 g/mol. The summed E-state index contributed by atoms with van der Waals surface area (Å²) < 4.78 is 9.84. The Morgan fingerprint density at radius 1 is 1.22 bits per heavy atom. The first-order valence-corrected chi connectivity index (χ1v) is 5.85. The molecule has 0 unspecified atom stereocenters. The Morgan fingerprint density at radius 3 is 2.22 bits per heavy atom. The molecule has 0 amide bonds. The topological polar surface area (TPSA) is 65.5 Å². The van der Waals surface area contributed by atoms with Gasteiger partial charge in [-0.3, -0.25) is 14.6 Å². The van der Waals surface area contributed by atoms with E-state index in [4.69, 9.17) is 9.47 Å². The summed E-state index contributed by atoms with van der Waals surface area (Å²) in [6.45, 7) is 5.62. The van der Waals surface area contributed by atoms with Crippen molar-refractivity contribution in [1.29, 1.82) is 0 Å². The van der Waals surface area contributed by atoms with Crippen molar-refractivity contribution in [2.24, 2.45) is 0 Å². The van der Waals surface area contributed by atoms with Gasteiger partial charge in [-0.05, 0) is 38.0 Å². The molecule has 0 saturated carbocycles. The molecule has 0 radical (unpaired) electrons. The van der Waals surface area contributed by atoms with Gasteiger partial charge in [0, 0.05) is 12.4 Å². The Kier molecular flexibility index (Phi) is 5.30. The third kappa shape index (κ3) is 3.29. The lowest BCUT2D eigenvalue weighted by atomic mass is 9.96. The zero-order chi connectivity index (χ0) is 13.5. The summed E-state index contributed by atoms with van der Waals surface area (Å²) >= 11 is 0. The lowest BCUT2D eigenvalue weighted by Crippen LogP contribution is -2.26. The van der Waals surface area contributed by atoms with Crippen LogP contribution in [0.15, 0.2) is 18.5 Å². The fraction of sp³-hybridized carbons (Fsp3) is 0.462. The van der Waals surface area contributed by atoms with Crippen LogP contribution in [0.4, 0.5) is 0 Å². The maximum atomic E-state index is 11.9. The summed E-state index contributed by atoms with van der Waals surface area (Å²) in [7, 11) is 0. The van der Waals surface area contributed by atoms with E-state index in [9.17, 15) is 9.59 Å². The van der Waals surface area contributed by atoms with Crippen molar-refractivity contribution < 1.29 is 19.1 Å². The Balaban J connectivity index is 3.08. The minimum Gasteiger partial charge on any atom is -0.465 e. The van der Waals surface area contributed by atoms with Gasteiger partial charge in [-0.2, -0.15) is 0 Å². The highest BCUT2D eigenvalue weighted by atomic mass is 16.6. The normalized spacial score (nSPS) is 10.2. The lowest BCUT2D eigenvalue weighted by Gasteiger charge is -2.16. The Hall–Kier alpha value is -1.91. The van der Waals surface area contributed by atoms with Crippen LogP contribution in [0.3, 0.4) is 0 Å². The van der Waals surface area contributed by atoms with Gasteiger partial charge in [-0.1, -0.05) is 0 Å². The summed E-state index contributed by atoms with van der Waals surface area (Å²) in [6, 6.07) is 1.63. The highest BCUT2D eigenvalue weighted by Crippen LogP contribution is 2.22. The molecule has 0 bridgehead atoms. The van der Waals surface area contributed by atoms with Gasteiger partial charge in [0.05, 0.1) is 13.2 Å². The molecule has 0 aliphatic rings. The average Bonchev–Trinajstić information content (AvgIpc) is 2.33. The van der Waals surface area contributed by atoms with Crippen LogP contribution in [-0.2, 0) is 19.1 Å². The van der Waals surface area contributed by atoms with Crippen molar-refractivity contribution in [3.8, 4) is 0 Å². The van der Waals surface area contributed by atoms with E-state index in [-0.39, 0.29) is 13.2 Å². The van der Waals surface area contributed by atoms with Gasteiger partial charge >= 0.3 is 11.9 Å². The maximum Gasteiger partial charge on any atom is 0.324 e. The first-order chi connectivity index (χ1) is 8.61. The molecule has 0 atom stereocenters. The minimum absolute atomic E-state index is 0.221. The molecule has 18 heavy (non-hydrogen) atoms. The second-order valence-corrected chi connectivity index (χ2v) is 3.67. The van der Waals surface area contributed by atoms with E-state index in [1.54, 1.807) is 33.0 Å². The fourth-order valence-electron chi connectivity index (χ4n) is 1.61. The van der Waals surface area contributed by atoms with Gasteiger partial charge in [0.15, 0.2) is 5.92 Å². The van der Waals surface area contributed by atoms with Crippen molar-refractivity contribution in [3.63, 3.8) is 0 Å². The van der Waals surface area contributed by atoms with Crippen LogP contribution < -0.4 is 0 Å². The van der Waals surface area contributed by atoms with Crippen molar-refractivity contribution in [1.82, 2.24) is 4.98 Å². The van der Waals surface area contributed by atoms with Crippen molar-refractivity contribution >= 4 is 11.9 Å². The highest BCUT2D eigenvalue weighted by Gasteiger charge is 2.32. The molecule has 1 aromatic rings. The van der Waals surface area contributed by atoms with Crippen molar-refractivity contribution in [2.45, 2.75) is 26.7 Å². The molecular weight excluding hydrogens is 234 g/mol. The molecular formula is C13H17NO4. The molecule has 0 N–H and O–H groups in total. The predicted octanol–water partition coefficient (Wildman–Crippen LogP) is 1.60. The lowest BCUT2D eigenvalue weighted by molar-refractivity contribution is -0.156. The van der Waals surface area contributed by atoms with Crippen LogP contribution in [0.1, 0.15) is 30.9 Å². The number of hydrogen-bond acceptors (Lipinski definition) is 5. The summed E-state index contributed by atoms with van der Waals surface area (Å²) in [5.41, 5.74) is 1.32. The van der Waals surface area contributed by atoms with E-state index < -0.39 is 17.9 Å². The molecule has 1 rings (SSSR count). The molecule has 0 aliphatic carbocycles. The van der Waals surface area contributed by atoms with E-state index in [2.05, 4.69) is 4.98 Å². The van der Waals surface area contributed by atoms with Gasteiger partial charge in [-0.25, -0.2) is 0 Å². The number of rotatable bonds is 5. The second kappa shape index (κ2) is 6.74. The van der Waals surface area contributed by atoms with Gasteiger partial charge < -0.3 is 9.47 Å². The van der Waals surface area contributed by atoms with Crippen LogP contribution >= 0.6 is 0 Å². The molecule has 0 saturated heterocycles. The number of carbonyl (C=O) groups is 2. The smallest absolute Gasteiger partial charge is 0.324 e. The Morgan fingerprint density at radius 2 is 1.78 bits per heavy atom. The van der Waals surface area contributed by atoms with E-state index in [1.807, 2.05) is 0 Å². The summed E-state index contributed by atoms with van der Waals surface area (Å²) in [5.74, 6) is -2.22. The van der Waals surface area contributed by atoms with Gasteiger partial charge in [-0.15, -0.1) is 0 Å². The third-order valence-electron chi connectivity index (χ3n) is 2.42. The van der Waals surface area contributed by atoms with Crippen LogP contribution in [0, 0.1) is 6.92 Å². The number of aryl methyl sites for hydroxylation is 1. The van der Waals surface area contributed by atoms with E-state index in [0.29, 0.717) is 5.56 Å². The number of nitrogens with zero attached hydrogens (tertiary/aromatic N) is 1. The molecule has 5 heteroatoms. The van der Waals surface area contributed by atoms with Crippen LogP contribution in [0.25, 0.3) is 0 Å². The number of esters is 2. The molecule has 0 spiro atoms. The standard InChI is InChI=1S/C13H17NO4/c1-4-17-12(15)11(13(16)18-5-2)10-6-7-14-8-9(10)3/h6-8,11H,4-5H2,1-3H3. The number of carbonyl (C=O) groups excluding carboxylic acids is 2. The van der Waals surface area contributed by atoms with Crippen LogP contribution in [0.2, 0.25) is 0 Å². The largest absolute Gasteiger partial charge is 0.465 e. The maximum absolute atomic E-state index is 11.9. The van der Waals surface area contributed by atoms with Crippen LogP contribution in [-0.4, -0.2) is 30.1 Å². The number of hydrogen-bond donors (Lipinski definition) is 0. The molecule has 98 valence electrons. The van der Waals surface area contributed by atoms with Gasteiger partial charge in [0.25, 0.3) is 0 Å². The Labute approximate surface area is 106 Å². The molecule has 0 aromatic carbocycles. The molecule has 0 aliphatic heterocycles. The van der Waals surface area contributed by atoms with Gasteiger partial charge in [0.2, 0.25) is 0 Å². The molecule has 5 nitrogen and oxygen atoms in total. The summed E-state index contributed by atoms with van der Waals surface area (Å²) in [4.78, 5) is 27.7. The molecule has 0 fully saturated rings. The third-order valence-corrected chi connectivity index (χ3v) is 2.42. The summed E-state index contributed by atoms with van der Waals surface area (Å²) in [5, 5.41) is 0. The van der Waals surface area contributed by atoms with E-state index in [0.717, 1.165) is 5.56 Å². The molecule has 1 aromatic heterocycles. The average molecular weight is 251 g/mol.